The van der Waals surface area contributed by atoms with Crippen molar-refractivity contribution in [2.24, 2.45) is 5.92 Å². The number of sulfone groups is 1. The first-order valence-electron chi connectivity index (χ1n) is 12.0. The summed E-state index contributed by atoms with van der Waals surface area (Å²) >= 11 is 12.5. The Balaban J connectivity index is 1.65. The highest BCUT2D eigenvalue weighted by molar-refractivity contribution is 7.94. The Kier molecular flexibility index (Phi) is 9.49. The number of halogens is 4. The predicted molar refractivity (Wildman–Crippen MR) is 142 cm³/mol. The number of aromatic nitrogens is 1. The number of hydrogen-bond donors (Lipinski definition) is 0. The molecule has 212 valence electrons. The smallest absolute Gasteiger partial charge is 0.387 e. The molecular formula is C27H23Cl2F2NO7S. The van der Waals surface area contributed by atoms with E-state index in [0.29, 0.717) is 21.6 Å². The number of nitrogens with zero attached hydrogens (tertiary/aromatic N) is 1. The molecule has 0 aliphatic heterocycles. The van der Waals surface area contributed by atoms with Gasteiger partial charge in [-0.2, -0.15) is 13.5 Å². The van der Waals surface area contributed by atoms with Gasteiger partial charge in [0.05, 0.1) is 11.5 Å². The molecule has 3 aromatic rings. The molecule has 1 aromatic heterocycles. The van der Waals surface area contributed by atoms with Crippen LogP contribution in [0, 0.1) is 11.1 Å². The average molecular weight is 614 g/mol. The molecule has 1 heterocycles. The minimum atomic E-state index is -3.94. The second-order valence-electron chi connectivity index (χ2n) is 8.92. The van der Waals surface area contributed by atoms with Crippen LogP contribution in [0.2, 0.25) is 10.0 Å². The Morgan fingerprint density at radius 2 is 1.75 bits per heavy atom. The molecule has 1 saturated carbocycles. The molecule has 13 heteroatoms. The van der Waals surface area contributed by atoms with Crippen LogP contribution < -0.4 is 14.2 Å². The fourth-order valence-corrected chi connectivity index (χ4v) is 5.26. The van der Waals surface area contributed by atoms with Gasteiger partial charge in [-0.25, -0.2) is 13.2 Å². The Labute approximate surface area is 239 Å². The number of pyridine rings is 1. The zero-order valence-electron chi connectivity index (χ0n) is 20.7. The third-order valence-corrected chi connectivity index (χ3v) is 7.96. The van der Waals surface area contributed by atoms with Crippen molar-refractivity contribution in [3.8, 4) is 11.5 Å². The number of esters is 1. The van der Waals surface area contributed by atoms with E-state index in [-0.39, 0.29) is 45.0 Å². The van der Waals surface area contributed by atoms with E-state index in [2.05, 4.69) is 4.74 Å². The first-order valence-corrected chi connectivity index (χ1v) is 14.3. The molecule has 1 aliphatic rings. The molecule has 1 fully saturated rings. The molecule has 0 N–H and O–H groups in total. The highest BCUT2D eigenvalue weighted by atomic mass is 35.5. The van der Waals surface area contributed by atoms with E-state index in [1.807, 2.05) is 0 Å². The van der Waals surface area contributed by atoms with Gasteiger partial charge in [0.25, 0.3) is 0 Å². The van der Waals surface area contributed by atoms with Gasteiger partial charge < -0.3 is 19.4 Å². The molecule has 0 unspecified atom stereocenters. The van der Waals surface area contributed by atoms with E-state index in [1.165, 1.54) is 42.5 Å². The van der Waals surface area contributed by atoms with Crippen molar-refractivity contribution in [3.05, 3.63) is 98.8 Å². The first-order chi connectivity index (χ1) is 19.0. The van der Waals surface area contributed by atoms with Gasteiger partial charge in [-0.1, -0.05) is 47.5 Å². The van der Waals surface area contributed by atoms with E-state index < -0.39 is 28.5 Å². The van der Waals surface area contributed by atoms with E-state index in [4.69, 9.17) is 32.7 Å². The van der Waals surface area contributed by atoms with Crippen LogP contribution in [0.1, 0.15) is 30.1 Å². The normalized spacial score (nSPS) is 14.3. The van der Waals surface area contributed by atoms with Gasteiger partial charge in [0.2, 0.25) is 0 Å². The summed E-state index contributed by atoms with van der Waals surface area (Å²) in [5.74, 6) is -0.911. The molecule has 0 saturated heterocycles. The van der Waals surface area contributed by atoms with Gasteiger partial charge in [0, 0.05) is 23.5 Å². The first kappa shape index (κ1) is 29.6. The summed E-state index contributed by atoms with van der Waals surface area (Å²) in [7, 11) is -3.94. The van der Waals surface area contributed by atoms with Crippen LogP contribution in [0.3, 0.4) is 0 Å². The minimum Gasteiger partial charge on any atom is -0.619 e. The summed E-state index contributed by atoms with van der Waals surface area (Å²) < 4.78 is 67.4. The van der Waals surface area contributed by atoms with Crippen LogP contribution in [0.25, 0.3) is 0 Å². The molecule has 40 heavy (non-hydrogen) atoms. The van der Waals surface area contributed by atoms with Crippen LogP contribution in [-0.2, 0) is 25.8 Å². The van der Waals surface area contributed by atoms with Gasteiger partial charge in [-0.3, -0.25) is 0 Å². The lowest BCUT2D eigenvalue weighted by atomic mass is 10.0. The topological polar surface area (TPSA) is 106 Å². The number of benzene rings is 2. The number of hydrogen-bond acceptors (Lipinski definition) is 7. The summed E-state index contributed by atoms with van der Waals surface area (Å²) in [6, 6.07) is 11.5. The number of ether oxygens (including phenoxy) is 3. The Morgan fingerprint density at radius 3 is 2.38 bits per heavy atom. The quantitative estimate of drug-likeness (QED) is 0.109. The Bertz CT molecular complexity index is 1480. The number of carbonyl (C=O) groups excluding carboxylic acids is 1. The maximum atomic E-state index is 13.0. The fraction of sp³-hybridized carbons (Fsp3) is 0.259. The maximum absolute atomic E-state index is 13.0. The molecule has 1 atom stereocenters. The van der Waals surface area contributed by atoms with Gasteiger partial charge in [0.1, 0.15) is 16.1 Å². The molecule has 0 bridgehead atoms. The van der Waals surface area contributed by atoms with Gasteiger partial charge in [-0.05, 0) is 48.6 Å². The number of carbonyl (C=O) groups is 1. The van der Waals surface area contributed by atoms with Crippen molar-refractivity contribution in [1.82, 2.24) is 0 Å². The average Bonchev–Trinajstić information content (AvgIpc) is 3.73. The molecule has 0 radical (unpaired) electrons. The van der Waals surface area contributed by atoms with Gasteiger partial charge in [-0.15, -0.1) is 0 Å². The SMILES string of the molecule is O=C(C=CS(=O)(=O)c1ccccc1)O[C@@H](Cc1c(Cl)c[n+]([O-])cc1Cl)c1ccc(OC(F)F)c(OCC2CC2)c1. The lowest BCUT2D eigenvalue weighted by molar-refractivity contribution is -0.605. The van der Waals surface area contributed by atoms with Crippen molar-refractivity contribution in [2.45, 2.75) is 36.9 Å². The van der Waals surface area contributed by atoms with Crippen LogP contribution in [-0.4, -0.2) is 27.6 Å². The number of alkyl halides is 2. The summed E-state index contributed by atoms with van der Waals surface area (Å²) in [6.45, 7) is -2.81. The highest BCUT2D eigenvalue weighted by Crippen LogP contribution is 2.37. The van der Waals surface area contributed by atoms with E-state index in [9.17, 15) is 27.2 Å². The number of rotatable bonds is 12. The molecule has 0 spiro atoms. The van der Waals surface area contributed by atoms with Crippen LogP contribution in [0.4, 0.5) is 8.78 Å². The standard InChI is InChI=1S/C27H23Cl2F2NO7S/c28-21-14-32(34)15-22(29)20(21)13-24(38-26(33)10-11-40(35,36)19-4-2-1-3-5-19)18-8-9-23(39-27(30)31)25(12-18)37-16-17-6-7-17/h1-5,8-12,14-15,17,24,27H,6-7,13,16H2/t24-/m0/s1. The van der Waals surface area contributed by atoms with E-state index in [0.717, 1.165) is 31.3 Å². The lowest BCUT2D eigenvalue weighted by Crippen LogP contribution is -2.25. The van der Waals surface area contributed by atoms with Crippen molar-refractivity contribution in [1.29, 1.82) is 0 Å². The van der Waals surface area contributed by atoms with Crippen LogP contribution in [0.5, 0.6) is 11.5 Å². The summed E-state index contributed by atoms with van der Waals surface area (Å²) in [6.07, 6.45) is 3.52. The molecular weight excluding hydrogens is 591 g/mol. The monoisotopic (exact) mass is 613 g/mol. The largest absolute Gasteiger partial charge is 0.619 e. The maximum Gasteiger partial charge on any atom is 0.387 e. The van der Waals surface area contributed by atoms with Gasteiger partial charge >= 0.3 is 12.6 Å². The summed E-state index contributed by atoms with van der Waals surface area (Å²) in [5, 5.41) is 12.4. The third-order valence-electron chi connectivity index (χ3n) is 5.89. The van der Waals surface area contributed by atoms with Crippen LogP contribution >= 0.6 is 23.2 Å². The van der Waals surface area contributed by atoms with Crippen molar-refractivity contribution in [3.63, 3.8) is 0 Å². The van der Waals surface area contributed by atoms with Gasteiger partial charge in [0.15, 0.2) is 33.7 Å². The molecule has 4 rings (SSSR count). The minimum absolute atomic E-state index is 0.00592. The zero-order chi connectivity index (χ0) is 28.9. The molecule has 8 nitrogen and oxygen atoms in total. The van der Waals surface area contributed by atoms with Crippen molar-refractivity contribution in [2.75, 3.05) is 6.61 Å². The second kappa shape index (κ2) is 12.8. The van der Waals surface area contributed by atoms with E-state index >= 15 is 0 Å². The Hall–Kier alpha value is -3.41. The van der Waals surface area contributed by atoms with Crippen LogP contribution in [0.15, 0.2) is 77.3 Å². The molecule has 0 amide bonds. The summed E-state index contributed by atoms with van der Waals surface area (Å²) in [5.41, 5.74) is 0.563. The van der Waals surface area contributed by atoms with E-state index in [1.54, 1.807) is 6.07 Å². The fourth-order valence-electron chi connectivity index (χ4n) is 3.68. The molecule has 2 aromatic carbocycles. The highest BCUT2D eigenvalue weighted by Gasteiger charge is 2.26. The third kappa shape index (κ3) is 8.06. The molecule has 1 aliphatic carbocycles. The second-order valence-corrected chi connectivity index (χ2v) is 11.6. The Morgan fingerprint density at radius 1 is 1.07 bits per heavy atom. The van der Waals surface area contributed by atoms with Crippen molar-refractivity contribution >= 4 is 39.0 Å². The zero-order valence-corrected chi connectivity index (χ0v) is 23.0. The lowest BCUT2D eigenvalue weighted by Gasteiger charge is -2.21. The van der Waals surface area contributed by atoms with Crippen molar-refractivity contribution < 1.29 is 40.9 Å². The predicted octanol–water partition coefficient (Wildman–Crippen LogP) is 5.83. The summed E-state index contributed by atoms with van der Waals surface area (Å²) in [4.78, 5) is 12.8.